The first-order valence-electron chi connectivity index (χ1n) is 9.44. The van der Waals surface area contributed by atoms with E-state index in [2.05, 4.69) is 15.6 Å². The van der Waals surface area contributed by atoms with Gasteiger partial charge in [0.05, 0.1) is 19.4 Å². The number of urea groups is 1. The molecule has 3 rings (SSSR count). The van der Waals surface area contributed by atoms with Crippen LogP contribution in [-0.4, -0.2) is 47.8 Å². The molecule has 0 aliphatic carbocycles. The van der Waals surface area contributed by atoms with E-state index in [1.165, 1.54) is 11.9 Å². The fraction of sp³-hybridized carbons (Fsp3) is 0.182. The van der Waals surface area contributed by atoms with E-state index >= 15 is 0 Å². The van der Waals surface area contributed by atoms with Gasteiger partial charge in [0, 0.05) is 7.05 Å². The molecule has 2 aromatic rings. The number of nitrogens with zero attached hydrogens (tertiary/aromatic N) is 2. The van der Waals surface area contributed by atoms with Crippen LogP contribution in [0.2, 0.25) is 0 Å². The summed E-state index contributed by atoms with van der Waals surface area (Å²) in [7, 11) is 3.01. The van der Waals surface area contributed by atoms with Crippen molar-refractivity contribution >= 4 is 40.9 Å². The SMILES string of the molecule is CNC(=O)NC(=O)CSC1=NC(=Cc2ccc(OC)cc2)C(=O)N1Cc1ccccc1. The molecule has 0 bridgehead atoms. The van der Waals surface area contributed by atoms with Crippen molar-refractivity contribution in [1.29, 1.82) is 0 Å². The number of methoxy groups -OCH3 is 1. The van der Waals surface area contributed by atoms with E-state index < -0.39 is 11.9 Å². The van der Waals surface area contributed by atoms with Crippen LogP contribution in [0.4, 0.5) is 4.79 Å². The number of aliphatic imine (C=N–C) groups is 1. The molecule has 1 aliphatic rings. The molecule has 0 atom stereocenters. The predicted molar refractivity (Wildman–Crippen MR) is 120 cm³/mol. The fourth-order valence-corrected chi connectivity index (χ4v) is 3.56. The average Bonchev–Trinajstić information content (AvgIpc) is 3.08. The molecule has 0 saturated heterocycles. The number of amides is 4. The van der Waals surface area contributed by atoms with Gasteiger partial charge in [-0.3, -0.25) is 19.8 Å². The van der Waals surface area contributed by atoms with Gasteiger partial charge in [-0.05, 0) is 29.3 Å². The molecule has 4 amide bonds. The molecule has 31 heavy (non-hydrogen) atoms. The molecule has 0 saturated carbocycles. The van der Waals surface area contributed by atoms with Gasteiger partial charge in [0.1, 0.15) is 11.4 Å². The van der Waals surface area contributed by atoms with Gasteiger partial charge in [-0.2, -0.15) is 0 Å². The lowest BCUT2D eigenvalue weighted by atomic mass is 10.1. The second-order valence-corrected chi connectivity index (χ2v) is 7.43. The molecule has 1 heterocycles. The van der Waals surface area contributed by atoms with Crippen LogP contribution in [0.5, 0.6) is 5.75 Å². The first-order valence-corrected chi connectivity index (χ1v) is 10.4. The highest BCUT2D eigenvalue weighted by Crippen LogP contribution is 2.26. The van der Waals surface area contributed by atoms with Crippen molar-refractivity contribution in [2.75, 3.05) is 19.9 Å². The van der Waals surface area contributed by atoms with Gasteiger partial charge in [0.25, 0.3) is 5.91 Å². The smallest absolute Gasteiger partial charge is 0.321 e. The zero-order chi connectivity index (χ0) is 22.2. The summed E-state index contributed by atoms with van der Waals surface area (Å²) in [6.07, 6.45) is 1.69. The van der Waals surface area contributed by atoms with Gasteiger partial charge in [-0.25, -0.2) is 9.79 Å². The van der Waals surface area contributed by atoms with Gasteiger partial charge >= 0.3 is 6.03 Å². The summed E-state index contributed by atoms with van der Waals surface area (Å²) in [5, 5.41) is 4.92. The summed E-state index contributed by atoms with van der Waals surface area (Å²) in [6, 6.07) is 16.2. The lowest BCUT2D eigenvalue weighted by Crippen LogP contribution is -2.39. The van der Waals surface area contributed by atoms with Crippen LogP contribution in [0, 0.1) is 0 Å². The Hall–Kier alpha value is -3.59. The molecule has 2 aromatic carbocycles. The fourth-order valence-electron chi connectivity index (χ4n) is 2.76. The molecule has 8 nitrogen and oxygen atoms in total. The van der Waals surface area contributed by atoms with Crippen LogP contribution in [0.1, 0.15) is 11.1 Å². The molecule has 0 spiro atoms. The van der Waals surface area contributed by atoms with Crippen LogP contribution in [-0.2, 0) is 16.1 Å². The summed E-state index contributed by atoms with van der Waals surface area (Å²) in [4.78, 5) is 42.3. The highest BCUT2D eigenvalue weighted by atomic mass is 32.2. The number of amidine groups is 1. The molecule has 9 heteroatoms. The molecular formula is C22H22N4O4S. The standard InChI is InChI=1S/C22H22N4O4S/c1-23-21(29)25-19(27)14-31-22-24-18(12-15-8-10-17(30-2)11-9-15)20(28)26(22)13-16-6-4-3-5-7-16/h3-12H,13-14H2,1-2H3,(H2,23,25,27,29). The van der Waals surface area contributed by atoms with Crippen LogP contribution < -0.4 is 15.4 Å². The highest BCUT2D eigenvalue weighted by Gasteiger charge is 2.31. The number of imide groups is 1. The second-order valence-electron chi connectivity index (χ2n) is 6.49. The minimum Gasteiger partial charge on any atom is -0.497 e. The number of nitrogens with one attached hydrogen (secondary N) is 2. The van der Waals surface area contributed by atoms with E-state index in [0.717, 1.165) is 22.9 Å². The second kappa shape index (κ2) is 10.4. The Kier molecular flexibility index (Phi) is 7.45. The topological polar surface area (TPSA) is 100 Å². The van der Waals surface area contributed by atoms with E-state index in [1.807, 2.05) is 42.5 Å². The minimum atomic E-state index is -0.587. The van der Waals surface area contributed by atoms with Crippen LogP contribution in [0.3, 0.4) is 0 Å². The Morgan fingerprint density at radius 1 is 1.13 bits per heavy atom. The van der Waals surface area contributed by atoms with Crippen molar-refractivity contribution in [2.45, 2.75) is 6.54 Å². The Balaban J connectivity index is 1.81. The van der Waals surface area contributed by atoms with Crippen molar-refractivity contribution in [3.05, 3.63) is 71.4 Å². The summed E-state index contributed by atoms with van der Waals surface area (Å²) >= 11 is 1.10. The number of hydrogen-bond acceptors (Lipinski definition) is 6. The van der Waals surface area contributed by atoms with E-state index in [9.17, 15) is 14.4 Å². The van der Waals surface area contributed by atoms with E-state index in [-0.39, 0.29) is 17.4 Å². The first kappa shape index (κ1) is 22.1. The van der Waals surface area contributed by atoms with Crippen molar-refractivity contribution in [2.24, 2.45) is 4.99 Å². The number of rotatable bonds is 6. The number of hydrogen-bond donors (Lipinski definition) is 2. The maximum atomic E-state index is 13.1. The van der Waals surface area contributed by atoms with Crippen LogP contribution in [0.15, 0.2) is 65.3 Å². The number of carbonyl (C=O) groups excluding carboxylic acids is 3. The molecular weight excluding hydrogens is 416 g/mol. The van der Waals surface area contributed by atoms with E-state index in [0.29, 0.717) is 17.5 Å². The third-order valence-corrected chi connectivity index (χ3v) is 5.30. The third-order valence-electron chi connectivity index (χ3n) is 4.33. The quantitative estimate of drug-likeness (QED) is 0.676. The normalized spacial score (nSPS) is 14.4. The summed E-state index contributed by atoms with van der Waals surface area (Å²) in [6.45, 7) is 0.322. The zero-order valence-corrected chi connectivity index (χ0v) is 17.9. The number of benzene rings is 2. The number of ether oxygens (including phenoxy) is 1. The lowest BCUT2D eigenvalue weighted by molar-refractivity contribution is -0.123. The Morgan fingerprint density at radius 2 is 1.84 bits per heavy atom. The predicted octanol–water partition coefficient (Wildman–Crippen LogP) is 2.62. The number of thioether (sulfide) groups is 1. The van der Waals surface area contributed by atoms with Crippen LogP contribution >= 0.6 is 11.8 Å². The maximum Gasteiger partial charge on any atom is 0.321 e. The minimum absolute atomic E-state index is 0.0549. The zero-order valence-electron chi connectivity index (χ0n) is 17.1. The largest absolute Gasteiger partial charge is 0.497 e. The highest BCUT2D eigenvalue weighted by molar-refractivity contribution is 8.14. The van der Waals surface area contributed by atoms with Crippen molar-refractivity contribution in [3.63, 3.8) is 0 Å². The summed E-state index contributed by atoms with van der Waals surface area (Å²) < 4.78 is 5.16. The van der Waals surface area contributed by atoms with E-state index in [1.54, 1.807) is 25.3 Å². The summed E-state index contributed by atoms with van der Waals surface area (Å²) in [5.74, 6) is -0.0752. The first-order chi connectivity index (χ1) is 15.0. The van der Waals surface area contributed by atoms with Gasteiger partial charge in [-0.15, -0.1) is 0 Å². The number of carbonyl (C=O) groups is 3. The maximum absolute atomic E-state index is 13.1. The van der Waals surface area contributed by atoms with Crippen molar-refractivity contribution in [1.82, 2.24) is 15.5 Å². The van der Waals surface area contributed by atoms with Gasteiger partial charge in [0.15, 0.2) is 5.17 Å². The molecule has 0 fully saturated rings. The Labute approximate surface area is 184 Å². The molecule has 2 N–H and O–H groups in total. The third kappa shape index (κ3) is 5.95. The molecule has 160 valence electrons. The van der Waals surface area contributed by atoms with Crippen molar-refractivity contribution < 1.29 is 19.1 Å². The van der Waals surface area contributed by atoms with Crippen molar-refractivity contribution in [3.8, 4) is 5.75 Å². The summed E-state index contributed by atoms with van der Waals surface area (Å²) in [5.41, 5.74) is 2.01. The molecule has 1 aliphatic heterocycles. The van der Waals surface area contributed by atoms with Gasteiger partial charge in [0.2, 0.25) is 5.91 Å². The van der Waals surface area contributed by atoms with Crippen LogP contribution in [0.25, 0.3) is 6.08 Å². The van der Waals surface area contributed by atoms with Gasteiger partial charge < -0.3 is 10.1 Å². The van der Waals surface area contributed by atoms with E-state index in [4.69, 9.17) is 4.74 Å². The average molecular weight is 439 g/mol. The Morgan fingerprint density at radius 3 is 2.48 bits per heavy atom. The molecule has 0 radical (unpaired) electrons. The van der Waals surface area contributed by atoms with Gasteiger partial charge in [-0.1, -0.05) is 54.2 Å². The Bertz CT molecular complexity index is 1020. The molecule has 0 unspecified atom stereocenters. The monoisotopic (exact) mass is 438 g/mol. The molecule has 0 aromatic heterocycles. The lowest BCUT2D eigenvalue weighted by Gasteiger charge is -2.17.